The van der Waals surface area contributed by atoms with Crippen LogP contribution in [-0.4, -0.2) is 15.9 Å². The van der Waals surface area contributed by atoms with Crippen molar-refractivity contribution in [2.24, 2.45) is 21.7 Å². The van der Waals surface area contributed by atoms with Crippen LogP contribution < -0.4 is 0 Å². The summed E-state index contributed by atoms with van der Waals surface area (Å²) >= 11 is 0. The monoisotopic (exact) mass is 441 g/mol. The van der Waals surface area contributed by atoms with Gasteiger partial charge in [-0.1, -0.05) is 101 Å². The molecule has 3 nitrogen and oxygen atoms in total. The Labute approximate surface area is 188 Å². The summed E-state index contributed by atoms with van der Waals surface area (Å²) in [5.41, 5.74) is 1.03. The number of unbranched alkanes of at least 4 members (excludes halogenated alkanes) is 5. The highest BCUT2D eigenvalue weighted by atomic mass is 31.2. The predicted molar refractivity (Wildman–Crippen MR) is 132 cm³/mol. The van der Waals surface area contributed by atoms with Crippen molar-refractivity contribution in [1.82, 2.24) is 0 Å². The summed E-state index contributed by atoms with van der Waals surface area (Å²) < 4.78 is 5.98. The maximum Gasteiger partial charge on any atom is 0.451 e. The molecule has 4 heteroatoms. The predicted octanol–water partition coefficient (Wildman–Crippen LogP) is 8.45. The zero-order valence-electron chi connectivity index (χ0n) is 21.6. The Bertz CT molecular complexity index is 596. The van der Waals surface area contributed by atoms with E-state index in [1.54, 1.807) is 0 Å². The van der Waals surface area contributed by atoms with Gasteiger partial charge in [0.1, 0.15) is 6.16 Å². The first-order chi connectivity index (χ1) is 13.5. The normalized spacial score (nSPS) is 18.1. The minimum atomic E-state index is -3.41. The molecule has 0 fully saturated rings. The van der Waals surface area contributed by atoms with Gasteiger partial charge < -0.3 is 0 Å². The molecule has 0 saturated heterocycles. The van der Waals surface area contributed by atoms with Crippen LogP contribution in [0, 0.1) is 21.7 Å². The molecule has 1 aliphatic carbocycles. The van der Waals surface area contributed by atoms with E-state index >= 15 is 0 Å². The van der Waals surface area contributed by atoms with Crippen LogP contribution in [0.25, 0.3) is 0 Å². The first-order valence-corrected chi connectivity index (χ1v) is 13.7. The van der Waals surface area contributed by atoms with Crippen LogP contribution in [0.3, 0.4) is 0 Å². The lowest BCUT2D eigenvalue weighted by Crippen LogP contribution is -2.46. The fourth-order valence-corrected chi connectivity index (χ4v) is 6.10. The minimum Gasteiger partial charge on any atom is -0.287 e. The summed E-state index contributed by atoms with van der Waals surface area (Å²) in [5.74, 6) is 0.677. The second kappa shape index (κ2) is 10.1. The Morgan fingerprint density at radius 2 is 1.37 bits per heavy atom. The topological polar surface area (TPSA) is 49.7 Å². The molecule has 0 aliphatic heterocycles. The van der Waals surface area contributed by atoms with E-state index in [1.807, 2.05) is 0 Å². The van der Waals surface area contributed by atoms with Gasteiger partial charge in [0.05, 0.1) is 0 Å². The molecular weight excluding hydrogens is 391 g/mol. The maximum absolute atomic E-state index is 10.7. The summed E-state index contributed by atoms with van der Waals surface area (Å²) in [5, 5.41) is 0. The van der Waals surface area contributed by atoms with Crippen molar-refractivity contribution in [2.45, 2.75) is 114 Å². The second-order valence-corrected chi connectivity index (χ2v) is 14.3. The summed E-state index contributed by atoms with van der Waals surface area (Å²) in [6.45, 7) is 22.6. The lowest BCUT2D eigenvalue weighted by Gasteiger charge is -2.54. The zero-order valence-corrected chi connectivity index (χ0v) is 22.5. The van der Waals surface area contributed by atoms with Gasteiger partial charge in [0.15, 0.2) is 5.76 Å². The van der Waals surface area contributed by atoms with Gasteiger partial charge in [-0.2, -0.15) is 9.79 Å². The smallest absolute Gasteiger partial charge is 0.287 e. The average Bonchev–Trinajstić information content (AvgIpc) is 2.55. The van der Waals surface area contributed by atoms with E-state index in [1.165, 1.54) is 19.3 Å². The molecule has 0 aromatic carbocycles. The molecule has 0 radical (unpaired) electrons. The molecule has 1 aliphatic rings. The van der Waals surface area contributed by atoms with Crippen LogP contribution in [0.4, 0.5) is 0 Å². The fourth-order valence-electron chi connectivity index (χ4n) is 4.88. The molecular formula is C26H50O3P+. The fraction of sp³-hybridized carbons (Fsp3) is 0.846. The molecule has 1 rings (SSSR count). The van der Waals surface area contributed by atoms with E-state index < -0.39 is 7.94 Å². The van der Waals surface area contributed by atoms with Gasteiger partial charge in [-0.15, -0.1) is 0 Å². The largest absolute Gasteiger partial charge is 0.451 e. The highest BCUT2D eigenvalue weighted by Gasteiger charge is 2.52. The molecule has 0 atom stereocenters. The summed E-state index contributed by atoms with van der Waals surface area (Å²) in [4.78, 5) is 21.4. The number of hydrogen-bond acceptors (Lipinski definition) is 3. The van der Waals surface area contributed by atoms with Gasteiger partial charge in [0.2, 0.25) is 0 Å². The van der Waals surface area contributed by atoms with Gasteiger partial charge in [-0.3, -0.25) is 4.52 Å². The Hall–Kier alpha value is -0.370. The number of rotatable bonds is 9. The highest BCUT2D eigenvalue weighted by Crippen LogP contribution is 2.62. The Balaban J connectivity index is 3.06. The van der Waals surface area contributed by atoms with Gasteiger partial charge >= 0.3 is 7.94 Å². The van der Waals surface area contributed by atoms with Crippen LogP contribution in [0.1, 0.15) is 114 Å². The van der Waals surface area contributed by atoms with Crippen molar-refractivity contribution in [3.8, 4) is 0 Å². The van der Waals surface area contributed by atoms with E-state index in [0.29, 0.717) is 11.9 Å². The molecule has 0 aromatic rings. The van der Waals surface area contributed by atoms with Crippen LogP contribution in [-0.2, 0) is 4.52 Å². The van der Waals surface area contributed by atoms with E-state index in [0.717, 1.165) is 31.3 Å². The quantitative estimate of drug-likeness (QED) is 0.279. The standard InChI is InChI=1S/C26H50O3P/c1-11-12-13-14-15-16-19-30(27,28)29-22-17-18-26(24(5,6)7,25(8,9)10)20-21(22)23(2,3)4/h17,20,27-28H,11-16,18-19H2,1-10H3/q+1. The van der Waals surface area contributed by atoms with Crippen molar-refractivity contribution in [2.75, 3.05) is 6.16 Å². The molecule has 2 N–H and O–H groups in total. The van der Waals surface area contributed by atoms with Gasteiger partial charge in [0.25, 0.3) is 0 Å². The van der Waals surface area contributed by atoms with Crippen molar-refractivity contribution < 1.29 is 14.3 Å². The number of allylic oxidation sites excluding steroid dienone is 3. The third-order valence-corrected chi connectivity index (χ3v) is 8.19. The summed E-state index contributed by atoms with van der Waals surface area (Å²) in [6, 6.07) is 0. The molecule has 0 aromatic heterocycles. The highest BCUT2D eigenvalue weighted by molar-refractivity contribution is 7.59. The average molecular weight is 442 g/mol. The van der Waals surface area contributed by atoms with E-state index in [2.05, 4.69) is 81.4 Å². The third-order valence-electron chi connectivity index (χ3n) is 6.80. The van der Waals surface area contributed by atoms with E-state index in [4.69, 9.17) is 4.52 Å². The summed E-state index contributed by atoms with van der Waals surface area (Å²) in [7, 11) is -3.41. The van der Waals surface area contributed by atoms with Crippen molar-refractivity contribution >= 4 is 7.94 Å². The van der Waals surface area contributed by atoms with Crippen molar-refractivity contribution in [3.05, 3.63) is 23.5 Å². The van der Waals surface area contributed by atoms with E-state index in [9.17, 15) is 9.79 Å². The Morgan fingerprint density at radius 1 is 0.867 bits per heavy atom. The summed E-state index contributed by atoms with van der Waals surface area (Å²) in [6.07, 6.45) is 12.4. The number of hydrogen-bond donors (Lipinski definition) is 2. The van der Waals surface area contributed by atoms with Crippen molar-refractivity contribution in [1.29, 1.82) is 0 Å². The molecule has 0 amide bonds. The Kier molecular flexibility index (Phi) is 9.27. The SMILES string of the molecule is CCCCCCCC[P+](O)(O)OC1=CCC(C(C)(C)C)(C(C)(C)C)C=C1C(C)(C)C. The lowest BCUT2D eigenvalue weighted by atomic mass is 9.50. The van der Waals surface area contributed by atoms with Gasteiger partial charge in [0, 0.05) is 11.0 Å². The van der Waals surface area contributed by atoms with Gasteiger partial charge in [-0.25, -0.2) is 0 Å². The van der Waals surface area contributed by atoms with Crippen LogP contribution >= 0.6 is 7.94 Å². The Morgan fingerprint density at radius 3 is 1.83 bits per heavy atom. The zero-order chi connectivity index (χ0) is 23.4. The van der Waals surface area contributed by atoms with Crippen LogP contribution in [0.5, 0.6) is 0 Å². The van der Waals surface area contributed by atoms with Crippen molar-refractivity contribution in [3.63, 3.8) is 0 Å². The molecule has 0 bridgehead atoms. The molecule has 0 unspecified atom stereocenters. The van der Waals surface area contributed by atoms with E-state index in [-0.39, 0.29) is 21.7 Å². The first kappa shape index (κ1) is 27.7. The maximum atomic E-state index is 10.7. The minimum absolute atomic E-state index is 0.0409. The lowest BCUT2D eigenvalue weighted by molar-refractivity contribution is 0.0152. The molecule has 0 spiro atoms. The molecule has 30 heavy (non-hydrogen) atoms. The van der Waals surface area contributed by atoms with Crippen LogP contribution in [0.2, 0.25) is 0 Å². The van der Waals surface area contributed by atoms with Gasteiger partial charge in [-0.05, 0) is 41.6 Å². The molecule has 0 heterocycles. The second-order valence-electron chi connectivity index (χ2n) is 12.3. The molecule has 0 saturated carbocycles. The molecule has 176 valence electrons. The third kappa shape index (κ3) is 7.07. The van der Waals surface area contributed by atoms with Crippen LogP contribution in [0.15, 0.2) is 23.5 Å². The first-order valence-electron chi connectivity index (χ1n) is 11.9.